The standard InChI is InChI=1S/C14H22N2/c1-12-7-13(2)9-14(8-12)10-16-6-4-5-15(3)11-16/h7-9H,4-6,10-11H2,1-3H3. The first kappa shape index (κ1) is 11.6. The number of rotatable bonds is 2. The van der Waals surface area contributed by atoms with Gasteiger partial charge in [0, 0.05) is 19.6 Å². The smallest absolute Gasteiger partial charge is 0.0506 e. The van der Waals surface area contributed by atoms with E-state index in [0.717, 1.165) is 13.2 Å². The lowest BCUT2D eigenvalue weighted by Gasteiger charge is -2.33. The van der Waals surface area contributed by atoms with Crippen LogP contribution in [0.5, 0.6) is 0 Å². The Hall–Kier alpha value is -0.860. The molecule has 0 aliphatic carbocycles. The summed E-state index contributed by atoms with van der Waals surface area (Å²) in [5, 5.41) is 0. The van der Waals surface area contributed by atoms with E-state index < -0.39 is 0 Å². The van der Waals surface area contributed by atoms with Crippen LogP contribution in [0.2, 0.25) is 0 Å². The van der Waals surface area contributed by atoms with Gasteiger partial charge in [0.15, 0.2) is 0 Å². The quantitative estimate of drug-likeness (QED) is 0.752. The molecule has 0 atom stereocenters. The fourth-order valence-corrected chi connectivity index (χ4v) is 2.59. The molecule has 0 amide bonds. The maximum absolute atomic E-state index is 2.53. The molecule has 0 unspecified atom stereocenters. The van der Waals surface area contributed by atoms with E-state index in [-0.39, 0.29) is 0 Å². The van der Waals surface area contributed by atoms with E-state index in [4.69, 9.17) is 0 Å². The summed E-state index contributed by atoms with van der Waals surface area (Å²) in [6, 6.07) is 6.86. The van der Waals surface area contributed by atoms with E-state index in [1.807, 2.05) is 0 Å². The molecule has 0 radical (unpaired) electrons. The van der Waals surface area contributed by atoms with Gasteiger partial charge in [0.1, 0.15) is 0 Å². The van der Waals surface area contributed by atoms with Gasteiger partial charge in [0.05, 0.1) is 6.67 Å². The Balaban J connectivity index is 2.02. The maximum Gasteiger partial charge on any atom is 0.0506 e. The molecule has 2 rings (SSSR count). The fourth-order valence-electron chi connectivity index (χ4n) is 2.59. The van der Waals surface area contributed by atoms with Gasteiger partial charge < -0.3 is 0 Å². The molecule has 0 N–H and O–H groups in total. The predicted octanol–water partition coefficient (Wildman–Crippen LogP) is 2.40. The molecule has 1 aromatic rings. The molecule has 1 aromatic carbocycles. The summed E-state index contributed by atoms with van der Waals surface area (Å²) in [6.45, 7) is 9.03. The van der Waals surface area contributed by atoms with Gasteiger partial charge >= 0.3 is 0 Å². The molecule has 1 aliphatic rings. The molecule has 0 spiro atoms. The van der Waals surface area contributed by atoms with Crippen molar-refractivity contribution in [1.29, 1.82) is 0 Å². The van der Waals surface area contributed by atoms with Gasteiger partial charge in [0.25, 0.3) is 0 Å². The van der Waals surface area contributed by atoms with Crippen LogP contribution in [0.25, 0.3) is 0 Å². The molecule has 1 aliphatic heterocycles. The number of aryl methyl sites for hydroxylation is 2. The van der Waals surface area contributed by atoms with E-state index in [1.165, 1.54) is 36.2 Å². The van der Waals surface area contributed by atoms with Crippen molar-refractivity contribution in [1.82, 2.24) is 9.80 Å². The van der Waals surface area contributed by atoms with Gasteiger partial charge in [-0.2, -0.15) is 0 Å². The van der Waals surface area contributed by atoms with Crippen LogP contribution in [-0.4, -0.2) is 36.6 Å². The third kappa shape index (κ3) is 3.06. The normalized spacial score (nSPS) is 18.9. The van der Waals surface area contributed by atoms with Crippen LogP contribution in [-0.2, 0) is 6.54 Å². The number of benzene rings is 1. The van der Waals surface area contributed by atoms with Crippen molar-refractivity contribution in [3.05, 3.63) is 34.9 Å². The first-order valence-corrected chi connectivity index (χ1v) is 6.11. The third-order valence-electron chi connectivity index (χ3n) is 3.14. The topological polar surface area (TPSA) is 6.48 Å². The first-order valence-electron chi connectivity index (χ1n) is 6.11. The van der Waals surface area contributed by atoms with Crippen molar-refractivity contribution < 1.29 is 0 Å². The Labute approximate surface area is 98.9 Å². The van der Waals surface area contributed by atoms with E-state index in [1.54, 1.807) is 0 Å². The van der Waals surface area contributed by atoms with Gasteiger partial charge in [-0.25, -0.2) is 0 Å². The largest absolute Gasteiger partial charge is 0.293 e. The van der Waals surface area contributed by atoms with Crippen LogP contribution in [0, 0.1) is 13.8 Å². The van der Waals surface area contributed by atoms with Gasteiger partial charge in [0.2, 0.25) is 0 Å². The minimum Gasteiger partial charge on any atom is -0.293 e. The zero-order chi connectivity index (χ0) is 11.5. The monoisotopic (exact) mass is 218 g/mol. The SMILES string of the molecule is Cc1cc(C)cc(CN2CCCN(C)C2)c1. The summed E-state index contributed by atoms with van der Waals surface area (Å²) in [5.74, 6) is 0. The summed E-state index contributed by atoms with van der Waals surface area (Å²) >= 11 is 0. The molecule has 1 fully saturated rings. The van der Waals surface area contributed by atoms with Crippen molar-refractivity contribution in [2.75, 3.05) is 26.8 Å². The lowest BCUT2D eigenvalue weighted by atomic mass is 10.1. The minimum atomic E-state index is 1.09. The molecule has 16 heavy (non-hydrogen) atoms. The molecule has 1 saturated heterocycles. The highest BCUT2D eigenvalue weighted by Gasteiger charge is 2.14. The summed E-state index contributed by atoms with van der Waals surface area (Å²) < 4.78 is 0. The molecular formula is C14H22N2. The molecule has 0 aromatic heterocycles. The Morgan fingerprint density at radius 1 is 1.06 bits per heavy atom. The van der Waals surface area contributed by atoms with E-state index >= 15 is 0 Å². The number of hydrogen-bond acceptors (Lipinski definition) is 2. The van der Waals surface area contributed by atoms with Crippen LogP contribution < -0.4 is 0 Å². The summed E-state index contributed by atoms with van der Waals surface area (Å²) in [7, 11) is 2.20. The Bertz CT molecular complexity index is 340. The second-order valence-corrected chi connectivity index (χ2v) is 5.12. The number of hydrogen-bond donors (Lipinski definition) is 0. The number of nitrogens with zero attached hydrogens (tertiary/aromatic N) is 2. The first-order chi connectivity index (χ1) is 7.63. The third-order valence-corrected chi connectivity index (χ3v) is 3.14. The van der Waals surface area contributed by atoms with Crippen molar-refractivity contribution in [3.8, 4) is 0 Å². The molecule has 0 saturated carbocycles. The van der Waals surface area contributed by atoms with E-state index in [0.29, 0.717) is 0 Å². The molecule has 1 heterocycles. The highest BCUT2D eigenvalue weighted by Crippen LogP contribution is 2.13. The van der Waals surface area contributed by atoms with Gasteiger partial charge in [-0.3, -0.25) is 9.80 Å². The minimum absolute atomic E-state index is 1.09. The van der Waals surface area contributed by atoms with Crippen molar-refractivity contribution >= 4 is 0 Å². The zero-order valence-corrected chi connectivity index (χ0v) is 10.7. The maximum atomic E-state index is 2.53. The van der Waals surface area contributed by atoms with E-state index in [9.17, 15) is 0 Å². The summed E-state index contributed by atoms with van der Waals surface area (Å²) in [4.78, 5) is 4.92. The van der Waals surface area contributed by atoms with Crippen LogP contribution in [0.15, 0.2) is 18.2 Å². The van der Waals surface area contributed by atoms with Crippen LogP contribution >= 0.6 is 0 Å². The predicted molar refractivity (Wildman–Crippen MR) is 68.4 cm³/mol. The average molecular weight is 218 g/mol. The summed E-state index contributed by atoms with van der Waals surface area (Å²) in [5.41, 5.74) is 4.20. The molecular weight excluding hydrogens is 196 g/mol. The molecule has 2 nitrogen and oxygen atoms in total. The van der Waals surface area contributed by atoms with Gasteiger partial charge in [-0.15, -0.1) is 0 Å². The molecule has 2 heteroatoms. The second kappa shape index (κ2) is 4.98. The van der Waals surface area contributed by atoms with Crippen LogP contribution in [0.3, 0.4) is 0 Å². The van der Waals surface area contributed by atoms with Crippen molar-refractivity contribution in [2.45, 2.75) is 26.8 Å². The Morgan fingerprint density at radius 3 is 2.38 bits per heavy atom. The van der Waals surface area contributed by atoms with Crippen molar-refractivity contribution in [2.24, 2.45) is 0 Å². The lowest BCUT2D eigenvalue weighted by Crippen LogP contribution is -2.42. The Morgan fingerprint density at radius 2 is 1.75 bits per heavy atom. The van der Waals surface area contributed by atoms with Gasteiger partial charge in [-0.1, -0.05) is 29.3 Å². The zero-order valence-electron chi connectivity index (χ0n) is 10.7. The molecule has 88 valence electrons. The highest BCUT2D eigenvalue weighted by atomic mass is 15.3. The molecule has 0 bridgehead atoms. The van der Waals surface area contributed by atoms with Gasteiger partial charge in [-0.05, 0) is 32.9 Å². The van der Waals surface area contributed by atoms with Crippen molar-refractivity contribution in [3.63, 3.8) is 0 Å². The van der Waals surface area contributed by atoms with E-state index in [2.05, 4.69) is 48.9 Å². The fraction of sp³-hybridized carbons (Fsp3) is 0.571. The highest BCUT2D eigenvalue weighted by molar-refractivity contribution is 5.28. The van der Waals surface area contributed by atoms with Crippen LogP contribution in [0.4, 0.5) is 0 Å². The average Bonchev–Trinajstić information content (AvgIpc) is 2.15. The second-order valence-electron chi connectivity index (χ2n) is 5.12. The van der Waals surface area contributed by atoms with Crippen LogP contribution in [0.1, 0.15) is 23.1 Å². The Kier molecular flexibility index (Phi) is 3.62. The lowest BCUT2D eigenvalue weighted by molar-refractivity contribution is 0.101. The summed E-state index contributed by atoms with van der Waals surface area (Å²) in [6.07, 6.45) is 1.29.